The number of ether oxygens (including phenoxy) is 1. The summed E-state index contributed by atoms with van der Waals surface area (Å²) in [7, 11) is 1.93. The smallest absolute Gasteiger partial charge is 0.191 e. The number of aliphatic imine (C=N–C) groups is 1. The van der Waals surface area contributed by atoms with Crippen LogP contribution >= 0.6 is 24.0 Å². The van der Waals surface area contributed by atoms with Gasteiger partial charge in [0.2, 0.25) is 0 Å². The molecule has 1 fully saturated rings. The maximum atomic E-state index is 5.59. The molecule has 1 atom stereocenters. The minimum Gasteiger partial charge on any atom is -0.376 e. The summed E-state index contributed by atoms with van der Waals surface area (Å²) in [6.07, 6.45) is 4.40. The minimum atomic E-state index is 0. The fourth-order valence-electron chi connectivity index (χ4n) is 2.07. The first-order chi connectivity index (χ1) is 9.29. The van der Waals surface area contributed by atoms with E-state index in [0.29, 0.717) is 12.6 Å². The maximum Gasteiger partial charge on any atom is 0.191 e. The fraction of sp³-hybridized carbons (Fsp3) is 0.692. The van der Waals surface area contributed by atoms with Gasteiger partial charge in [-0.05, 0) is 25.8 Å². The Balaban J connectivity index is 0.00000200. The zero-order chi connectivity index (χ0) is 13.5. The fourth-order valence-corrected chi connectivity index (χ4v) is 2.07. The van der Waals surface area contributed by atoms with Gasteiger partial charge in [0.05, 0.1) is 18.3 Å². The summed E-state index contributed by atoms with van der Waals surface area (Å²) < 4.78 is 7.43. The number of halogens is 1. The Hall–Kier alpha value is -0.830. The lowest BCUT2D eigenvalue weighted by atomic mass is 10.2. The number of hydrogen-bond donors (Lipinski definition) is 2. The van der Waals surface area contributed by atoms with Gasteiger partial charge in [0.25, 0.3) is 0 Å². The van der Waals surface area contributed by atoms with Crippen molar-refractivity contribution in [2.24, 2.45) is 12.0 Å². The van der Waals surface area contributed by atoms with Crippen molar-refractivity contribution in [3.8, 4) is 0 Å². The first-order valence-electron chi connectivity index (χ1n) is 6.90. The highest BCUT2D eigenvalue weighted by Crippen LogP contribution is 2.10. The number of nitrogens with zero attached hydrogens (tertiary/aromatic N) is 3. The molecule has 2 heterocycles. The lowest BCUT2D eigenvalue weighted by molar-refractivity contribution is 0.114. The Labute approximate surface area is 137 Å². The molecule has 1 saturated heterocycles. The number of nitrogens with one attached hydrogen (secondary N) is 2. The molecule has 2 N–H and O–H groups in total. The first-order valence-corrected chi connectivity index (χ1v) is 6.90. The number of aryl methyl sites for hydroxylation is 1. The Morgan fingerprint density at radius 1 is 1.55 bits per heavy atom. The van der Waals surface area contributed by atoms with Gasteiger partial charge < -0.3 is 15.4 Å². The van der Waals surface area contributed by atoms with Crippen molar-refractivity contribution in [3.05, 3.63) is 18.0 Å². The van der Waals surface area contributed by atoms with Gasteiger partial charge in [-0.1, -0.05) is 0 Å². The lowest BCUT2D eigenvalue weighted by Gasteiger charge is -2.14. The van der Waals surface area contributed by atoms with E-state index < -0.39 is 0 Å². The lowest BCUT2D eigenvalue weighted by Crippen LogP contribution is -2.41. The third-order valence-electron chi connectivity index (χ3n) is 3.19. The van der Waals surface area contributed by atoms with Gasteiger partial charge in [0.15, 0.2) is 5.96 Å². The van der Waals surface area contributed by atoms with Crippen LogP contribution in [0.4, 0.5) is 0 Å². The molecule has 20 heavy (non-hydrogen) atoms. The molecule has 1 unspecified atom stereocenters. The average molecular weight is 393 g/mol. The molecule has 0 bridgehead atoms. The zero-order valence-electron chi connectivity index (χ0n) is 12.1. The maximum absolute atomic E-state index is 5.59. The molecule has 0 aromatic carbocycles. The highest BCUT2D eigenvalue weighted by atomic mass is 127. The molecule has 7 heteroatoms. The van der Waals surface area contributed by atoms with E-state index in [4.69, 9.17) is 4.74 Å². The molecule has 2 rings (SSSR count). The standard InChI is InChI=1S/C13H23N5O.HI/c1-3-14-13(16-10-12-5-4-8-19-12)15-9-11-6-7-17-18(11)2;/h6-7,12H,3-5,8-10H2,1-2H3,(H2,14,15,16);1H. The predicted octanol–water partition coefficient (Wildman–Crippen LogP) is 1.27. The Morgan fingerprint density at radius 2 is 2.40 bits per heavy atom. The van der Waals surface area contributed by atoms with Crippen molar-refractivity contribution in [1.29, 1.82) is 0 Å². The van der Waals surface area contributed by atoms with Crippen LogP contribution in [-0.2, 0) is 18.3 Å². The molecule has 1 aliphatic heterocycles. The molecular weight excluding hydrogens is 369 g/mol. The van der Waals surface area contributed by atoms with Crippen molar-refractivity contribution in [1.82, 2.24) is 20.4 Å². The molecule has 1 aromatic heterocycles. The van der Waals surface area contributed by atoms with E-state index in [1.165, 1.54) is 0 Å². The third kappa shape index (κ3) is 5.28. The van der Waals surface area contributed by atoms with Gasteiger partial charge in [-0.25, -0.2) is 4.99 Å². The van der Waals surface area contributed by atoms with E-state index in [0.717, 1.165) is 44.2 Å². The van der Waals surface area contributed by atoms with E-state index in [2.05, 4.69) is 27.6 Å². The zero-order valence-corrected chi connectivity index (χ0v) is 14.5. The van der Waals surface area contributed by atoms with Gasteiger partial charge in [-0.3, -0.25) is 4.68 Å². The van der Waals surface area contributed by atoms with Crippen LogP contribution < -0.4 is 10.6 Å². The van der Waals surface area contributed by atoms with Crippen molar-refractivity contribution in [3.63, 3.8) is 0 Å². The summed E-state index contributed by atoms with van der Waals surface area (Å²) >= 11 is 0. The van der Waals surface area contributed by atoms with Crippen molar-refractivity contribution < 1.29 is 4.74 Å². The largest absolute Gasteiger partial charge is 0.376 e. The van der Waals surface area contributed by atoms with Crippen LogP contribution in [0.5, 0.6) is 0 Å². The van der Waals surface area contributed by atoms with Crippen molar-refractivity contribution in [2.75, 3.05) is 19.7 Å². The van der Waals surface area contributed by atoms with E-state index >= 15 is 0 Å². The highest BCUT2D eigenvalue weighted by Gasteiger charge is 2.15. The third-order valence-corrected chi connectivity index (χ3v) is 3.19. The summed E-state index contributed by atoms with van der Waals surface area (Å²) in [5.41, 5.74) is 1.09. The Bertz CT molecular complexity index is 415. The van der Waals surface area contributed by atoms with E-state index in [1.807, 2.05) is 17.8 Å². The van der Waals surface area contributed by atoms with Crippen molar-refractivity contribution >= 4 is 29.9 Å². The second kappa shape index (κ2) is 9.17. The highest BCUT2D eigenvalue weighted by molar-refractivity contribution is 14.0. The Kier molecular flexibility index (Phi) is 7.90. The molecule has 6 nitrogen and oxygen atoms in total. The molecule has 0 amide bonds. The molecule has 0 saturated carbocycles. The molecular formula is C13H24IN5O. The normalized spacial score (nSPS) is 18.7. The van der Waals surface area contributed by atoms with Crippen LogP contribution in [0.25, 0.3) is 0 Å². The van der Waals surface area contributed by atoms with Gasteiger partial charge in [-0.15, -0.1) is 24.0 Å². The quantitative estimate of drug-likeness (QED) is 0.450. The van der Waals surface area contributed by atoms with Crippen LogP contribution in [0.2, 0.25) is 0 Å². The van der Waals surface area contributed by atoms with Crippen LogP contribution in [-0.4, -0.2) is 41.5 Å². The van der Waals surface area contributed by atoms with Gasteiger partial charge in [0, 0.05) is 32.9 Å². The molecule has 0 spiro atoms. The van der Waals surface area contributed by atoms with Crippen LogP contribution in [0.15, 0.2) is 17.3 Å². The number of aromatic nitrogens is 2. The summed E-state index contributed by atoms with van der Waals surface area (Å²) in [5.74, 6) is 0.833. The van der Waals surface area contributed by atoms with Crippen LogP contribution in [0, 0.1) is 0 Å². The van der Waals surface area contributed by atoms with Gasteiger partial charge in [-0.2, -0.15) is 5.10 Å². The molecule has 1 aromatic rings. The first kappa shape index (κ1) is 17.2. The monoisotopic (exact) mass is 393 g/mol. The molecule has 1 aliphatic rings. The van der Waals surface area contributed by atoms with Crippen LogP contribution in [0.3, 0.4) is 0 Å². The SMILES string of the molecule is CCNC(=NCc1ccnn1C)NCC1CCCO1.I. The number of guanidine groups is 1. The van der Waals surface area contributed by atoms with Crippen molar-refractivity contribution in [2.45, 2.75) is 32.4 Å². The summed E-state index contributed by atoms with van der Waals surface area (Å²) in [6, 6.07) is 1.98. The summed E-state index contributed by atoms with van der Waals surface area (Å²) in [5, 5.41) is 10.7. The topological polar surface area (TPSA) is 63.5 Å². The predicted molar refractivity (Wildman–Crippen MR) is 90.4 cm³/mol. The van der Waals surface area contributed by atoms with Gasteiger partial charge >= 0.3 is 0 Å². The minimum absolute atomic E-state index is 0. The Morgan fingerprint density at radius 3 is 3.00 bits per heavy atom. The second-order valence-electron chi connectivity index (χ2n) is 4.66. The second-order valence-corrected chi connectivity index (χ2v) is 4.66. The average Bonchev–Trinajstić information content (AvgIpc) is 3.04. The number of hydrogen-bond acceptors (Lipinski definition) is 3. The van der Waals surface area contributed by atoms with E-state index in [9.17, 15) is 0 Å². The van der Waals surface area contributed by atoms with E-state index in [-0.39, 0.29) is 24.0 Å². The van der Waals surface area contributed by atoms with Gasteiger partial charge in [0.1, 0.15) is 0 Å². The molecule has 0 aliphatic carbocycles. The molecule has 114 valence electrons. The molecule has 0 radical (unpaired) electrons. The summed E-state index contributed by atoms with van der Waals surface area (Å²) in [6.45, 7) is 5.24. The number of rotatable bonds is 5. The van der Waals surface area contributed by atoms with Crippen LogP contribution in [0.1, 0.15) is 25.5 Å². The summed E-state index contributed by atoms with van der Waals surface area (Å²) in [4.78, 5) is 4.56. The van der Waals surface area contributed by atoms with E-state index in [1.54, 1.807) is 6.20 Å².